The van der Waals surface area contributed by atoms with E-state index in [1.54, 1.807) is 12.1 Å². The second-order valence-electron chi connectivity index (χ2n) is 6.28. The van der Waals surface area contributed by atoms with Gasteiger partial charge in [-0.1, -0.05) is 5.16 Å². The molecule has 26 heavy (non-hydrogen) atoms. The van der Waals surface area contributed by atoms with E-state index in [1.807, 2.05) is 19.1 Å². The molecule has 0 bridgehead atoms. The minimum absolute atomic E-state index is 0.258. The van der Waals surface area contributed by atoms with Gasteiger partial charge in [-0.3, -0.25) is 4.90 Å². The van der Waals surface area contributed by atoms with E-state index in [-0.39, 0.29) is 5.82 Å². The molecule has 1 saturated heterocycles. The van der Waals surface area contributed by atoms with Crippen LogP contribution in [0.3, 0.4) is 0 Å². The lowest BCUT2D eigenvalue weighted by atomic mass is 10.1. The molecule has 134 valence electrons. The van der Waals surface area contributed by atoms with Gasteiger partial charge in [0.1, 0.15) is 5.82 Å². The number of hydrogen-bond donors (Lipinski definition) is 0. The van der Waals surface area contributed by atoms with Crippen LogP contribution in [0.1, 0.15) is 11.7 Å². The van der Waals surface area contributed by atoms with Crippen LogP contribution < -0.4 is 4.90 Å². The van der Waals surface area contributed by atoms with Crippen molar-refractivity contribution in [3.8, 4) is 11.3 Å². The van der Waals surface area contributed by atoms with Crippen molar-refractivity contribution in [3.63, 3.8) is 0 Å². The normalized spacial score (nSPS) is 15.4. The number of aryl methyl sites for hydroxylation is 1. The molecule has 2 aromatic heterocycles. The van der Waals surface area contributed by atoms with Gasteiger partial charge in [0.15, 0.2) is 11.6 Å². The van der Waals surface area contributed by atoms with Crippen LogP contribution in [0.5, 0.6) is 0 Å². The Hall–Kier alpha value is -2.87. The number of halogens is 1. The van der Waals surface area contributed by atoms with Crippen molar-refractivity contribution in [2.45, 2.75) is 13.5 Å². The molecule has 1 fully saturated rings. The smallest absolute Gasteiger partial charge is 0.240 e. The van der Waals surface area contributed by atoms with Crippen LogP contribution in [0.2, 0.25) is 0 Å². The van der Waals surface area contributed by atoms with Crippen molar-refractivity contribution in [3.05, 3.63) is 53.9 Å². The zero-order chi connectivity index (χ0) is 17.9. The predicted octanol–water partition coefficient (Wildman–Crippen LogP) is 2.30. The van der Waals surface area contributed by atoms with Crippen molar-refractivity contribution in [1.29, 1.82) is 0 Å². The Morgan fingerprint density at radius 3 is 2.38 bits per heavy atom. The van der Waals surface area contributed by atoms with Crippen molar-refractivity contribution in [1.82, 2.24) is 25.2 Å². The fraction of sp³-hybridized carbons (Fsp3) is 0.333. The lowest BCUT2D eigenvalue weighted by Crippen LogP contribution is -2.46. The van der Waals surface area contributed by atoms with Crippen LogP contribution in [-0.2, 0) is 6.54 Å². The summed E-state index contributed by atoms with van der Waals surface area (Å²) in [7, 11) is 0. The minimum Gasteiger partial charge on any atom is -0.353 e. The maximum absolute atomic E-state index is 13.0. The molecule has 1 aliphatic heterocycles. The van der Waals surface area contributed by atoms with Gasteiger partial charge in [-0.05, 0) is 43.3 Å². The maximum atomic E-state index is 13.0. The standard InChI is InChI=1S/C18H19FN6O/c1-13-20-18(26-23-13)12-24-8-10-25(11-9-24)17-7-6-16(21-22-17)14-2-4-15(19)5-3-14/h2-7H,8-12H2,1H3. The molecule has 0 N–H and O–H groups in total. The molecule has 3 aromatic rings. The van der Waals surface area contributed by atoms with E-state index in [0.717, 1.165) is 43.3 Å². The van der Waals surface area contributed by atoms with E-state index in [0.29, 0.717) is 18.3 Å². The fourth-order valence-corrected chi connectivity index (χ4v) is 3.00. The molecule has 0 radical (unpaired) electrons. The highest BCUT2D eigenvalue weighted by Crippen LogP contribution is 2.20. The Bertz CT molecular complexity index is 856. The number of aromatic nitrogens is 4. The molecular formula is C18H19FN6O. The largest absolute Gasteiger partial charge is 0.353 e. The Kier molecular flexibility index (Phi) is 4.57. The SMILES string of the molecule is Cc1noc(CN2CCN(c3ccc(-c4ccc(F)cc4)nn3)CC2)n1. The first kappa shape index (κ1) is 16.6. The number of benzene rings is 1. The van der Waals surface area contributed by atoms with Gasteiger partial charge < -0.3 is 9.42 Å². The van der Waals surface area contributed by atoms with Gasteiger partial charge in [0.25, 0.3) is 0 Å². The Balaban J connectivity index is 1.36. The molecule has 3 heterocycles. The lowest BCUT2D eigenvalue weighted by Gasteiger charge is -2.34. The van der Waals surface area contributed by atoms with Gasteiger partial charge in [0, 0.05) is 31.7 Å². The summed E-state index contributed by atoms with van der Waals surface area (Å²) >= 11 is 0. The predicted molar refractivity (Wildman–Crippen MR) is 94.0 cm³/mol. The first-order valence-corrected chi connectivity index (χ1v) is 8.53. The third kappa shape index (κ3) is 3.70. The molecule has 1 aromatic carbocycles. The van der Waals surface area contributed by atoms with Crippen molar-refractivity contribution < 1.29 is 8.91 Å². The molecule has 0 amide bonds. The van der Waals surface area contributed by atoms with E-state index in [2.05, 4.69) is 30.1 Å². The average Bonchev–Trinajstić information content (AvgIpc) is 3.08. The van der Waals surface area contributed by atoms with E-state index < -0.39 is 0 Å². The number of nitrogens with zero attached hydrogens (tertiary/aromatic N) is 6. The number of rotatable bonds is 4. The van der Waals surface area contributed by atoms with Gasteiger partial charge in [0.2, 0.25) is 5.89 Å². The Morgan fingerprint density at radius 1 is 1.00 bits per heavy atom. The number of piperazine rings is 1. The molecule has 4 rings (SSSR count). The molecule has 0 aliphatic carbocycles. The summed E-state index contributed by atoms with van der Waals surface area (Å²) in [6, 6.07) is 10.1. The van der Waals surface area contributed by atoms with Crippen LogP contribution in [0.25, 0.3) is 11.3 Å². The number of anilines is 1. The van der Waals surface area contributed by atoms with Crippen LogP contribution in [0.4, 0.5) is 10.2 Å². The summed E-state index contributed by atoms with van der Waals surface area (Å²) in [5.74, 6) is 1.91. The Morgan fingerprint density at radius 2 is 1.77 bits per heavy atom. The summed E-state index contributed by atoms with van der Waals surface area (Å²) in [6.07, 6.45) is 0. The first-order valence-electron chi connectivity index (χ1n) is 8.53. The van der Waals surface area contributed by atoms with Gasteiger partial charge in [-0.25, -0.2) is 4.39 Å². The zero-order valence-corrected chi connectivity index (χ0v) is 14.5. The Labute approximate surface area is 150 Å². The summed E-state index contributed by atoms with van der Waals surface area (Å²) in [5.41, 5.74) is 1.59. The van der Waals surface area contributed by atoms with Gasteiger partial charge in [-0.15, -0.1) is 10.2 Å². The topological polar surface area (TPSA) is 71.2 Å². The third-order valence-corrected chi connectivity index (χ3v) is 4.42. The number of hydrogen-bond acceptors (Lipinski definition) is 7. The zero-order valence-electron chi connectivity index (χ0n) is 14.5. The van der Waals surface area contributed by atoms with Crippen molar-refractivity contribution >= 4 is 5.82 Å². The fourth-order valence-electron chi connectivity index (χ4n) is 3.00. The third-order valence-electron chi connectivity index (χ3n) is 4.42. The minimum atomic E-state index is -0.258. The van der Waals surface area contributed by atoms with Crippen molar-refractivity contribution in [2.75, 3.05) is 31.1 Å². The van der Waals surface area contributed by atoms with Gasteiger partial charge in [0.05, 0.1) is 12.2 Å². The quantitative estimate of drug-likeness (QED) is 0.712. The summed E-state index contributed by atoms with van der Waals surface area (Å²) in [5, 5.41) is 12.4. The molecule has 0 atom stereocenters. The molecular weight excluding hydrogens is 335 g/mol. The van der Waals surface area contributed by atoms with Crippen LogP contribution >= 0.6 is 0 Å². The summed E-state index contributed by atoms with van der Waals surface area (Å²) in [6.45, 7) is 5.99. The molecule has 1 aliphatic rings. The van der Waals surface area contributed by atoms with E-state index in [4.69, 9.17) is 4.52 Å². The molecule has 8 heteroatoms. The van der Waals surface area contributed by atoms with Crippen LogP contribution in [-0.4, -0.2) is 51.4 Å². The maximum Gasteiger partial charge on any atom is 0.240 e. The van der Waals surface area contributed by atoms with Crippen LogP contribution in [0, 0.1) is 12.7 Å². The van der Waals surface area contributed by atoms with Gasteiger partial charge >= 0.3 is 0 Å². The summed E-state index contributed by atoms with van der Waals surface area (Å²) < 4.78 is 18.2. The molecule has 0 spiro atoms. The molecule has 0 unspecified atom stereocenters. The molecule has 0 saturated carbocycles. The average molecular weight is 354 g/mol. The highest BCUT2D eigenvalue weighted by Gasteiger charge is 2.20. The lowest BCUT2D eigenvalue weighted by molar-refractivity contribution is 0.215. The second kappa shape index (κ2) is 7.17. The van der Waals surface area contributed by atoms with E-state index >= 15 is 0 Å². The molecule has 7 nitrogen and oxygen atoms in total. The second-order valence-corrected chi connectivity index (χ2v) is 6.28. The van der Waals surface area contributed by atoms with Gasteiger partial charge in [-0.2, -0.15) is 4.98 Å². The van der Waals surface area contributed by atoms with E-state index in [1.165, 1.54) is 12.1 Å². The van der Waals surface area contributed by atoms with Crippen molar-refractivity contribution in [2.24, 2.45) is 0 Å². The summed E-state index contributed by atoms with van der Waals surface area (Å²) in [4.78, 5) is 8.73. The highest BCUT2D eigenvalue weighted by atomic mass is 19.1. The highest BCUT2D eigenvalue weighted by molar-refractivity contribution is 5.59. The van der Waals surface area contributed by atoms with E-state index in [9.17, 15) is 4.39 Å². The van der Waals surface area contributed by atoms with Crippen LogP contribution in [0.15, 0.2) is 40.9 Å². The monoisotopic (exact) mass is 354 g/mol. The first-order chi connectivity index (χ1) is 12.7.